The maximum Gasteiger partial charge on any atom is 0.353 e. The van der Waals surface area contributed by atoms with Gasteiger partial charge in [-0.1, -0.05) is 29.9 Å². The number of anilines is 1. The number of aromatic nitrogens is 2. The Morgan fingerprint density at radius 1 is 1.47 bits per heavy atom. The highest BCUT2D eigenvalue weighted by molar-refractivity contribution is 8.08. The van der Waals surface area contributed by atoms with Crippen LogP contribution in [0.2, 0.25) is 0 Å². The molecule has 2 aliphatic rings. The van der Waals surface area contributed by atoms with E-state index in [1.807, 2.05) is 19.1 Å². The van der Waals surface area contributed by atoms with Crippen molar-refractivity contribution in [3.8, 4) is 0 Å². The van der Waals surface area contributed by atoms with Gasteiger partial charge in [0, 0.05) is 28.4 Å². The number of hydrogen-bond acceptors (Lipinski definition) is 11. The van der Waals surface area contributed by atoms with E-state index in [2.05, 4.69) is 20.4 Å². The number of carbonyl (C=O) groups is 3. The van der Waals surface area contributed by atoms with Crippen LogP contribution in [0.3, 0.4) is 0 Å². The van der Waals surface area contributed by atoms with Gasteiger partial charge in [0.1, 0.15) is 29.4 Å². The monoisotopic (exact) mass is 546 g/mol. The number of rotatable bonds is 10. The molecule has 11 nitrogen and oxygen atoms in total. The first-order valence-corrected chi connectivity index (χ1v) is 13.6. The first-order chi connectivity index (χ1) is 17.4. The smallest absolute Gasteiger partial charge is 0.353 e. The van der Waals surface area contributed by atoms with Crippen LogP contribution in [-0.2, 0) is 19.2 Å². The van der Waals surface area contributed by atoms with Crippen molar-refractivity contribution in [3.63, 3.8) is 0 Å². The standard InChI is InChI=1S/C22H22N6O5S3/c1-2-7-33-27-15(13-10-36-22(23)25-13)18(29)26-16-19(30)28-17(21(31)32)14(11-35-20(16)28)34-8-5-12-4-3-6-24-9-12/h3-6,8-10,16,20H,2,7,11H2,1H3,(H2,23,25)(H,26,29)(H,31,32)/t16?,20-/m0/s1. The molecule has 0 aliphatic carbocycles. The molecule has 4 heterocycles. The zero-order chi connectivity index (χ0) is 25.7. The molecule has 14 heteroatoms. The summed E-state index contributed by atoms with van der Waals surface area (Å²) in [6, 6.07) is 2.76. The SMILES string of the molecule is CCCON=C(C(=O)NC1C(=O)N2C(C(=O)O)=C(SC=Cc3cccnc3)CS[C@@H]12)c1csc(N)n1. The van der Waals surface area contributed by atoms with Crippen LogP contribution in [0.25, 0.3) is 6.08 Å². The first-order valence-electron chi connectivity index (χ1n) is 10.8. The van der Waals surface area contributed by atoms with Gasteiger partial charge in [-0.05, 0) is 29.5 Å². The number of nitrogens with two attached hydrogens (primary N) is 1. The van der Waals surface area contributed by atoms with Gasteiger partial charge in [-0.3, -0.25) is 19.5 Å². The van der Waals surface area contributed by atoms with Crippen LogP contribution in [0, 0.1) is 0 Å². The predicted octanol–water partition coefficient (Wildman–Crippen LogP) is 2.35. The van der Waals surface area contributed by atoms with Crippen molar-refractivity contribution in [2.24, 2.45) is 5.16 Å². The largest absolute Gasteiger partial charge is 0.477 e. The molecule has 2 aromatic rings. The average Bonchev–Trinajstić information content (AvgIpc) is 3.30. The summed E-state index contributed by atoms with van der Waals surface area (Å²) in [5.74, 6) is -2.01. The number of β-lactam (4-membered cyclic amide) rings is 1. The van der Waals surface area contributed by atoms with Crippen LogP contribution >= 0.6 is 34.9 Å². The van der Waals surface area contributed by atoms with Crippen molar-refractivity contribution < 1.29 is 24.3 Å². The van der Waals surface area contributed by atoms with Crippen molar-refractivity contribution in [1.82, 2.24) is 20.2 Å². The number of nitrogens with zero attached hydrogens (tertiary/aromatic N) is 4. The molecule has 1 fully saturated rings. The molecule has 4 rings (SSSR count). The zero-order valence-electron chi connectivity index (χ0n) is 19.0. The number of thiazole rings is 1. The summed E-state index contributed by atoms with van der Waals surface area (Å²) in [7, 11) is 0. The van der Waals surface area contributed by atoms with Crippen LogP contribution in [0.15, 0.2) is 51.1 Å². The molecule has 2 amide bonds. The quantitative estimate of drug-likeness (QED) is 0.175. The minimum Gasteiger partial charge on any atom is -0.477 e. The van der Waals surface area contributed by atoms with E-state index in [-0.39, 0.29) is 22.2 Å². The molecule has 1 unspecified atom stereocenters. The van der Waals surface area contributed by atoms with Gasteiger partial charge >= 0.3 is 5.97 Å². The van der Waals surface area contributed by atoms with Gasteiger partial charge in [0.2, 0.25) is 0 Å². The maximum atomic E-state index is 13.0. The molecule has 188 valence electrons. The van der Waals surface area contributed by atoms with Gasteiger partial charge in [0.05, 0.1) is 0 Å². The number of nitrogen functional groups attached to an aromatic ring is 1. The van der Waals surface area contributed by atoms with Gasteiger partial charge in [0.15, 0.2) is 10.8 Å². The lowest BCUT2D eigenvalue weighted by Gasteiger charge is -2.49. The molecule has 1 saturated heterocycles. The number of carboxylic acids is 1. The lowest BCUT2D eigenvalue weighted by molar-refractivity contribution is -0.150. The lowest BCUT2D eigenvalue weighted by Crippen LogP contribution is -2.71. The zero-order valence-corrected chi connectivity index (χ0v) is 21.4. The van der Waals surface area contributed by atoms with Crippen LogP contribution in [0.5, 0.6) is 0 Å². The van der Waals surface area contributed by atoms with Crippen LogP contribution in [0.1, 0.15) is 24.6 Å². The summed E-state index contributed by atoms with van der Waals surface area (Å²) < 4.78 is 0. The van der Waals surface area contributed by atoms with Gasteiger partial charge < -0.3 is 21.0 Å². The third-order valence-corrected chi connectivity index (χ3v) is 8.04. The van der Waals surface area contributed by atoms with Gasteiger partial charge in [-0.2, -0.15) is 0 Å². The minimum absolute atomic E-state index is 0.0810. The molecule has 2 aliphatic heterocycles. The van der Waals surface area contributed by atoms with E-state index in [0.29, 0.717) is 23.7 Å². The highest BCUT2D eigenvalue weighted by atomic mass is 32.2. The van der Waals surface area contributed by atoms with Gasteiger partial charge in [-0.15, -0.1) is 23.1 Å². The number of nitrogens with one attached hydrogen (secondary N) is 1. The van der Waals surface area contributed by atoms with Crippen molar-refractivity contribution in [3.05, 3.63) is 57.2 Å². The Kier molecular flexibility index (Phi) is 8.28. The van der Waals surface area contributed by atoms with E-state index >= 15 is 0 Å². The van der Waals surface area contributed by atoms with Gasteiger partial charge in [0.25, 0.3) is 11.8 Å². The number of carboxylic acid groups (broad SMARTS) is 1. The number of aliphatic carboxylic acids is 1. The number of pyridine rings is 1. The predicted molar refractivity (Wildman–Crippen MR) is 140 cm³/mol. The van der Waals surface area contributed by atoms with E-state index in [9.17, 15) is 19.5 Å². The number of oxime groups is 1. The summed E-state index contributed by atoms with van der Waals surface area (Å²) in [6.07, 6.45) is 5.85. The minimum atomic E-state index is -1.20. The third kappa shape index (κ3) is 5.55. The molecule has 2 aromatic heterocycles. The van der Waals surface area contributed by atoms with E-state index in [0.717, 1.165) is 16.9 Å². The van der Waals surface area contributed by atoms with E-state index in [1.54, 1.807) is 29.2 Å². The summed E-state index contributed by atoms with van der Waals surface area (Å²) in [6.45, 7) is 2.19. The van der Waals surface area contributed by atoms with Crippen molar-refractivity contribution in [2.45, 2.75) is 24.8 Å². The molecule has 0 aromatic carbocycles. The van der Waals surface area contributed by atoms with Gasteiger partial charge in [-0.25, -0.2) is 9.78 Å². The van der Waals surface area contributed by atoms with Crippen molar-refractivity contribution in [1.29, 1.82) is 0 Å². The maximum absolute atomic E-state index is 13.0. The van der Waals surface area contributed by atoms with Crippen LogP contribution in [-0.4, -0.2) is 67.2 Å². The first kappa shape index (κ1) is 25.7. The fourth-order valence-electron chi connectivity index (χ4n) is 3.36. The number of thioether (sulfide) groups is 2. The number of carbonyl (C=O) groups excluding carboxylic acids is 2. The topological polar surface area (TPSA) is 160 Å². The van der Waals surface area contributed by atoms with Crippen LogP contribution < -0.4 is 11.1 Å². The molecule has 0 saturated carbocycles. The highest BCUT2D eigenvalue weighted by Gasteiger charge is 2.54. The summed E-state index contributed by atoms with van der Waals surface area (Å²) in [5, 5.41) is 19.4. The van der Waals surface area contributed by atoms with E-state index in [1.165, 1.54) is 28.4 Å². The molecule has 36 heavy (non-hydrogen) atoms. The fraction of sp³-hybridized carbons (Fsp3) is 0.273. The van der Waals surface area contributed by atoms with Crippen molar-refractivity contribution in [2.75, 3.05) is 18.1 Å². The number of hydrogen-bond donors (Lipinski definition) is 3. The second-order valence-electron chi connectivity index (χ2n) is 7.49. The molecule has 0 spiro atoms. The molecule has 4 N–H and O–H groups in total. The molecular weight excluding hydrogens is 524 g/mol. The highest BCUT2D eigenvalue weighted by Crippen LogP contribution is 2.43. The Labute approximate surface area is 218 Å². The fourth-order valence-corrected chi connectivity index (χ4v) is 6.27. The Bertz CT molecular complexity index is 1250. The molecule has 2 atom stereocenters. The summed E-state index contributed by atoms with van der Waals surface area (Å²) >= 11 is 3.75. The normalized spacial score (nSPS) is 19.8. The van der Waals surface area contributed by atoms with Crippen molar-refractivity contribution >= 4 is 69.6 Å². The second-order valence-corrected chi connectivity index (χ2v) is 10.5. The summed E-state index contributed by atoms with van der Waals surface area (Å²) in [5.41, 5.74) is 6.61. The Morgan fingerprint density at radius 3 is 2.97 bits per heavy atom. The summed E-state index contributed by atoms with van der Waals surface area (Å²) in [4.78, 5) is 53.1. The molecule has 0 bridgehead atoms. The lowest BCUT2D eigenvalue weighted by atomic mass is 10.0. The Morgan fingerprint density at radius 2 is 2.31 bits per heavy atom. The number of fused-ring (bicyclic) bond motifs is 1. The number of amides is 2. The Hall–Kier alpha value is -3.36. The van der Waals surface area contributed by atoms with Crippen LogP contribution in [0.4, 0.5) is 5.13 Å². The molecular formula is C22H22N6O5S3. The van der Waals surface area contributed by atoms with E-state index in [4.69, 9.17) is 10.6 Å². The molecule has 0 radical (unpaired) electrons. The Balaban J connectivity index is 1.48. The van der Waals surface area contributed by atoms with E-state index < -0.39 is 29.2 Å². The third-order valence-electron chi connectivity index (χ3n) is 5.01. The average molecular weight is 547 g/mol. The second kappa shape index (κ2) is 11.6.